The van der Waals surface area contributed by atoms with Gasteiger partial charge in [0, 0.05) is 42.9 Å². The van der Waals surface area contributed by atoms with Crippen molar-refractivity contribution in [1.29, 1.82) is 0 Å². The van der Waals surface area contributed by atoms with Crippen molar-refractivity contribution in [2.24, 2.45) is 0 Å². The third-order valence-corrected chi connectivity index (χ3v) is 6.72. The van der Waals surface area contributed by atoms with Crippen molar-refractivity contribution in [2.75, 3.05) is 13.1 Å². The van der Waals surface area contributed by atoms with Gasteiger partial charge in [-0.15, -0.1) is 0 Å². The minimum Gasteiger partial charge on any atom is -0.330 e. The van der Waals surface area contributed by atoms with Gasteiger partial charge in [0.05, 0.1) is 17.4 Å². The molecule has 1 amide bonds. The van der Waals surface area contributed by atoms with E-state index in [1.165, 1.54) is 0 Å². The molecule has 1 unspecified atom stereocenters. The van der Waals surface area contributed by atoms with Crippen molar-refractivity contribution < 1.29 is 4.79 Å². The predicted octanol–water partition coefficient (Wildman–Crippen LogP) is 3.07. The van der Waals surface area contributed by atoms with Crippen LogP contribution in [-0.2, 0) is 13.0 Å². The molecule has 3 aromatic rings. The Balaban J connectivity index is 1.49. The second kappa shape index (κ2) is 7.64. The summed E-state index contributed by atoms with van der Waals surface area (Å²) in [5.41, 5.74) is 5.04. The van der Waals surface area contributed by atoms with Crippen LogP contribution in [0.3, 0.4) is 0 Å². The number of benzene rings is 1. The molecule has 7 heteroatoms. The highest BCUT2D eigenvalue weighted by Gasteiger charge is 2.32. The summed E-state index contributed by atoms with van der Waals surface area (Å²) in [7, 11) is 0. The highest BCUT2D eigenvalue weighted by molar-refractivity contribution is 5.94. The number of hydrogen-bond donors (Lipinski definition) is 1. The van der Waals surface area contributed by atoms with Crippen molar-refractivity contribution in [1.82, 2.24) is 24.4 Å². The highest BCUT2D eigenvalue weighted by Crippen LogP contribution is 2.33. The Morgan fingerprint density at radius 2 is 1.97 bits per heavy atom. The first-order valence-corrected chi connectivity index (χ1v) is 11.2. The lowest BCUT2D eigenvalue weighted by Gasteiger charge is -2.30. The third kappa shape index (κ3) is 3.47. The molecule has 1 aromatic carbocycles. The van der Waals surface area contributed by atoms with Crippen LogP contribution in [0.5, 0.6) is 0 Å². The van der Waals surface area contributed by atoms with E-state index in [-0.39, 0.29) is 17.5 Å². The topological polar surface area (TPSA) is 73.7 Å². The van der Waals surface area contributed by atoms with E-state index in [0.29, 0.717) is 23.8 Å². The van der Waals surface area contributed by atoms with Gasteiger partial charge in [-0.25, -0.2) is 9.50 Å². The molecule has 7 nitrogen and oxygen atoms in total. The molecule has 4 heterocycles. The van der Waals surface area contributed by atoms with Crippen molar-refractivity contribution in [3.05, 3.63) is 68.8 Å². The molecule has 162 valence electrons. The van der Waals surface area contributed by atoms with Crippen molar-refractivity contribution >= 4 is 11.6 Å². The molecule has 0 bridgehead atoms. The van der Waals surface area contributed by atoms with Crippen LogP contribution in [0.25, 0.3) is 5.65 Å². The second-order valence-electron chi connectivity index (χ2n) is 9.08. The summed E-state index contributed by atoms with van der Waals surface area (Å²) in [6, 6.07) is 10.0. The average Bonchev–Trinajstić information content (AvgIpc) is 3.40. The lowest BCUT2D eigenvalue weighted by molar-refractivity contribution is 0.0732. The largest absolute Gasteiger partial charge is 0.330 e. The number of rotatable bonds is 3. The number of nitrogens with one attached hydrogen (secondary N) is 1. The maximum absolute atomic E-state index is 13.2. The zero-order chi connectivity index (χ0) is 21.7. The normalized spacial score (nSPS) is 19.4. The van der Waals surface area contributed by atoms with E-state index in [1.54, 1.807) is 4.52 Å². The maximum atomic E-state index is 13.2. The SMILES string of the molecule is Cc1ccc(C(=O)N2CCCC2c2cc3nc4c(c(=O)n3[nH]2)CCN(C(C)C)C4)cc1. The van der Waals surface area contributed by atoms with E-state index in [2.05, 4.69) is 23.8 Å². The van der Waals surface area contributed by atoms with Gasteiger partial charge < -0.3 is 4.90 Å². The molecule has 5 rings (SSSR count). The highest BCUT2D eigenvalue weighted by atomic mass is 16.2. The molecule has 1 N–H and O–H groups in total. The second-order valence-corrected chi connectivity index (χ2v) is 9.08. The molecule has 2 aliphatic heterocycles. The molecule has 31 heavy (non-hydrogen) atoms. The van der Waals surface area contributed by atoms with Gasteiger partial charge in [-0.2, -0.15) is 0 Å². The summed E-state index contributed by atoms with van der Waals surface area (Å²) in [5, 5.41) is 3.27. The molecule has 0 aliphatic carbocycles. The number of aromatic nitrogens is 3. The van der Waals surface area contributed by atoms with Gasteiger partial charge in [-0.1, -0.05) is 17.7 Å². The van der Waals surface area contributed by atoms with Crippen molar-refractivity contribution in [2.45, 2.75) is 58.7 Å². The first-order chi connectivity index (χ1) is 14.9. The number of fused-ring (bicyclic) bond motifs is 2. The van der Waals surface area contributed by atoms with Gasteiger partial charge in [0.1, 0.15) is 0 Å². The van der Waals surface area contributed by atoms with Crippen LogP contribution < -0.4 is 5.56 Å². The molecule has 1 atom stereocenters. The number of amides is 1. The lowest BCUT2D eigenvalue weighted by atomic mass is 10.1. The first-order valence-electron chi connectivity index (χ1n) is 11.2. The zero-order valence-electron chi connectivity index (χ0n) is 18.4. The quantitative estimate of drug-likeness (QED) is 0.708. The number of carbonyl (C=O) groups excluding carboxylic acids is 1. The average molecular weight is 420 g/mol. The molecular weight excluding hydrogens is 390 g/mol. The van der Waals surface area contributed by atoms with Gasteiger partial charge in [0.25, 0.3) is 11.5 Å². The first kappa shape index (κ1) is 20.0. The number of likely N-dealkylation sites (tertiary alicyclic amines) is 1. The van der Waals surface area contributed by atoms with E-state index in [4.69, 9.17) is 4.98 Å². The van der Waals surface area contributed by atoms with E-state index in [9.17, 15) is 9.59 Å². The maximum Gasteiger partial charge on any atom is 0.276 e. The van der Waals surface area contributed by atoms with Gasteiger partial charge in [0.2, 0.25) is 0 Å². The summed E-state index contributed by atoms with van der Waals surface area (Å²) in [6.07, 6.45) is 2.54. The molecule has 1 fully saturated rings. The van der Waals surface area contributed by atoms with Crippen LogP contribution in [-0.4, -0.2) is 49.4 Å². The predicted molar refractivity (Wildman–Crippen MR) is 119 cm³/mol. The van der Waals surface area contributed by atoms with Crippen LogP contribution in [0.1, 0.15) is 65.6 Å². The Morgan fingerprint density at radius 3 is 2.71 bits per heavy atom. The van der Waals surface area contributed by atoms with Gasteiger partial charge in [-0.05, 0) is 52.2 Å². The summed E-state index contributed by atoms with van der Waals surface area (Å²) < 4.78 is 1.56. The third-order valence-electron chi connectivity index (χ3n) is 6.72. The number of H-pyrrole nitrogens is 1. The van der Waals surface area contributed by atoms with Crippen molar-refractivity contribution in [3.8, 4) is 0 Å². The van der Waals surface area contributed by atoms with E-state index in [0.717, 1.165) is 54.9 Å². The Labute approximate surface area is 181 Å². The molecular formula is C24H29N5O2. The summed E-state index contributed by atoms with van der Waals surface area (Å²) in [4.78, 5) is 35.4. The summed E-state index contributed by atoms with van der Waals surface area (Å²) in [5.74, 6) is 0.0355. The van der Waals surface area contributed by atoms with Gasteiger partial charge in [0.15, 0.2) is 5.65 Å². The summed E-state index contributed by atoms with van der Waals surface area (Å²) in [6.45, 7) is 8.66. The van der Waals surface area contributed by atoms with Crippen LogP contribution >= 0.6 is 0 Å². The number of hydrogen-bond acceptors (Lipinski definition) is 4. The Bertz CT molecular complexity index is 1190. The molecule has 0 radical (unpaired) electrons. The monoisotopic (exact) mass is 419 g/mol. The minimum atomic E-state index is -0.0703. The van der Waals surface area contributed by atoms with E-state index >= 15 is 0 Å². The summed E-state index contributed by atoms with van der Waals surface area (Å²) >= 11 is 0. The number of aryl methyl sites for hydroxylation is 1. The lowest BCUT2D eigenvalue weighted by Crippen LogP contribution is -2.39. The van der Waals surface area contributed by atoms with Crippen LogP contribution in [0.15, 0.2) is 35.1 Å². The Kier molecular flexibility index (Phi) is 4.93. The number of aromatic amines is 1. The van der Waals surface area contributed by atoms with E-state index in [1.807, 2.05) is 42.2 Å². The van der Waals surface area contributed by atoms with Crippen molar-refractivity contribution in [3.63, 3.8) is 0 Å². The van der Waals surface area contributed by atoms with Crippen LogP contribution in [0.2, 0.25) is 0 Å². The van der Waals surface area contributed by atoms with Crippen LogP contribution in [0.4, 0.5) is 0 Å². The Hall–Kier alpha value is -2.93. The molecule has 0 saturated carbocycles. The fraction of sp³-hybridized carbons (Fsp3) is 0.458. The van der Waals surface area contributed by atoms with Gasteiger partial charge >= 0.3 is 0 Å². The smallest absolute Gasteiger partial charge is 0.276 e. The fourth-order valence-electron chi connectivity index (χ4n) is 4.84. The van der Waals surface area contributed by atoms with Gasteiger partial charge in [-0.3, -0.25) is 19.6 Å². The Morgan fingerprint density at radius 1 is 1.19 bits per heavy atom. The molecule has 0 spiro atoms. The van der Waals surface area contributed by atoms with E-state index < -0.39 is 0 Å². The standard InChI is InChI=1S/C24H29N5O2/c1-15(2)27-12-10-18-20(14-27)25-22-13-19(26-29(22)24(18)31)21-5-4-11-28(21)23(30)17-8-6-16(3)7-9-17/h6-9,13,15,21,26H,4-5,10-12,14H2,1-3H3. The van der Waals surface area contributed by atoms with Crippen LogP contribution in [0, 0.1) is 6.92 Å². The molecule has 1 saturated heterocycles. The molecule has 2 aliphatic rings. The number of nitrogens with zero attached hydrogens (tertiary/aromatic N) is 4. The fourth-order valence-corrected chi connectivity index (χ4v) is 4.84. The zero-order valence-corrected chi connectivity index (χ0v) is 18.4. The minimum absolute atomic E-state index is 0.0101. The number of carbonyl (C=O) groups is 1. The molecule has 2 aromatic heterocycles.